The second-order valence-electron chi connectivity index (χ2n) is 6.34. The highest BCUT2D eigenvalue weighted by Gasteiger charge is 2.28. The molecule has 6 nitrogen and oxygen atoms in total. The first-order valence-electron chi connectivity index (χ1n) is 7.90. The lowest BCUT2D eigenvalue weighted by Gasteiger charge is -2.22. The summed E-state index contributed by atoms with van der Waals surface area (Å²) in [6.45, 7) is 4.74. The van der Waals surface area contributed by atoms with Crippen molar-refractivity contribution < 1.29 is 9.32 Å². The van der Waals surface area contributed by atoms with E-state index in [1.165, 1.54) is 6.42 Å². The molecule has 1 fully saturated rings. The van der Waals surface area contributed by atoms with Crippen molar-refractivity contribution in [2.24, 2.45) is 17.6 Å². The first-order chi connectivity index (χ1) is 10.1. The van der Waals surface area contributed by atoms with Crippen LogP contribution in [0.15, 0.2) is 4.52 Å². The molecule has 1 aliphatic carbocycles. The van der Waals surface area contributed by atoms with Crippen LogP contribution in [0.2, 0.25) is 0 Å². The summed E-state index contributed by atoms with van der Waals surface area (Å²) in [7, 11) is 0. The van der Waals surface area contributed by atoms with Gasteiger partial charge in [-0.25, -0.2) is 0 Å². The molecule has 0 unspecified atom stereocenters. The van der Waals surface area contributed by atoms with E-state index in [2.05, 4.69) is 29.3 Å². The number of rotatable bonds is 6. The van der Waals surface area contributed by atoms with E-state index in [0.29, 0.717) is 18.4 Å². The maximum absolute atomic E-state index is 11.6. The molecule has 6 heteroatoms. The molecular formula is C15H26N4O2. The fraction of sp³-hybridized carbons (Fsp3) is 0.800. The van der Waals surface area contributed by atoms with Gasteiger partial charge >= 0.3 is 0 Å². The SMILES string of the molecule is CC(C)Cc1noc(CN[C@@H]2CCCCC[C@@H]2C(N)=O)n1. The van der Waals surface area contributed by atoms with Gasteiger partial charge in [0.2, 0.25) is 11.8 Å². The minimum Gasteiger partial charge on any atom is -0.369 e. The van der Waals surface area contributed by atoms with Gasteiger partial charge < -0.3 is 15.6 Å². The highest BCUT2D eigenvalue weighted by molar-refractivity contribution is 5.77. The summed E-state index contributed by atoms with van der Waals surface area (Å²) in [4.78, 5) is 16.0. The first kappa shape index (κ1) is 15.9. The van der Waals surface area contributed by atoms with E-state index in [9.17, 15) is 4.79 Å². The molecule has 1 saturated carbocycles. The van der Waals surface area contributed by atoms with Crippen LogP contribution in [0.5, 0.6) is 0 Å². The largest absolute Gasteiger partial charge is 0.369 e. The van der Waals surface area contributed by atoms with Crippen LogP contribution in [0, 0.1) is 11.8 Å². The van der Waals surface area contributed by atoms with Crippen molar-refractivity contribution in [3.8, 4) is 0 Å². The third-order valence-corrected chi connectivity index (χ3v) is 4.00. The Hall–Kier alpha value is -1.43. The van der Waals surface area contributed by atoms with Gasteiger partial charge in [-0.2, -0.15) is 4.98 Å². The van der Waals surface area contributed by atoms with Crippen LogP contribution in [-0.4, -0.2) is 22.1 Å². The Bertz CT molecular complexity index is 458. The topological polar surface area (TPSA) is 94.0 Å². The molecule has 2 atom stereocenters. The summed E-state index contributed by atoms with van der Waals surface area (Å²) in [5, 5.41) is 7.35. The number of amides is 1. The second kappa shape index (κ2) is 7.54. The lowest BCUT2D eigenvalue weighted by molar-refractivity contribution is -0.122. The fourth-order valence-electron chi connectivity index (χ4n) is 2.92. The van der Waals surface area contributed by atoms with Crippen LogP contribution < -0.4 is 11.1 Å². The first-order valence-corrected chi connectivity index (χ1v) is 7.90. The van der Waals surface area contributed by atoms with Crippen LogP contribution in [0.1, 0.15) is 57.7 Å². The van der Waals surface area contributed by atoms with Gasteiger partial charge in [0.25, 0.3) is 0 Å². The van der Waals surface area contributed by atoms with Crippen molar-refractivity contribution in [2.45, 2.75) is 65.0 Å². The van der Waals surface area contributed by atoms with Gasteiger partial charge in [-0.1, -0.05) is 38.3 Å². The third-order valence-electron chi connectivity index (χ3n) is 4.00. The minimum absolute atomic E-state index is 0.0921. The van der Waals surface area contributed by atoms with Gasteiger partial charge in [0, 0.05) is 12.5 Å². The molecule has 1 heterocycles. The molecule has 0 radical (unpaired) electrons. The Morgan fingerprint density at radius 1 is 1.38 bits per heavy atom. The standard InChI is InChI=1S/C15H26N4O2/c1-10(2)8-13-18-14(21-19-13)9-17-12-7-5-3-4-6-11(12)15(16)20/h10-12,17H,3-9H2,1-2H3,(H2,16,20)/t11-,12+/m0/s1. The van der Waals surface area contributed by atoms with E-state index in [1.807, 2.05) is 0 Å². The molecule has 3 N–H and O–H groups in total. The average Bonchev–Trinajstić information content (AvgIpc) is 2.71. The number of hydrogen-bond donors (Lipinski definition) is 2. The zero-order chi connectivity index (χ0) is 15.2. The quantitative estimate of drug-likeness (QED) is 0.780. The average molecular weight is 294 g/mol. The van der Waals surface area contributed by atoms with Gasteiger partial charge in [0.1, 0.15) is 0 Å². The number of hydrogen-bond acceptors (Lipinski definition) is 5. The fourth-order valence-corrected chi connectivity index (χ4v) is 2.92. The van der Waals surface area contributed by atoms with Crippen LogP contribution in [0.4, 0.5) is 0 Å². The molecule has 1 aromatic heterocycles. The van der Waals surface area contributed by atoms with Gasteiger partial charge in [0.05, 0.1) is 12.5 Å². The number of nitrogens with zero attached hydrogens (tertiary/aromatic N) is 2. The van der Waals surface area contributed by atoms with Crippen molar-refractivity contribution in [3.63, 3.8) is 0 Å². The smallest absolute Gasteiger partial charge is 0.240 e. The maximum atomic E-state index is 11.6. The monoisotopic (exact) mass is 294 g/mol. The van der Waals surface area contributed by atoms with Crippen molar-refractivity contribution in [1.29, 1.82) is 0 Å². The molecule has 0 saturated heterocycles. The van der Waals surface area contributed by atoms with Crippen molar-refractivity contribution >= 4 is 5.91 Å². The Balaban J connectivity index is 1.90. The van der Waals surface area contributed by atoms with Crippen molar-refractivity contribution in [1.82, 2.24) is 15.5 Å². The zero-order valence-electron chi connectivity index (χ0n) is 13.0. The van der Waals surface area contributed by atoms with E-state index in [4.69, 9.17) is 10.3 Å². The zero-order valence-corrected chi connectivity index (χ0v) is 13.0. The summed E-state index contributed by atoms with van der Waals surface area (Å²) in [6.07, 6.45) is 6.03. The number of primary amides is 1. The summed E-state index contributed by atoms with van der Waals surface area (Å²) in [5.41, 5.74) is 5.52. The molecule has 21 heavy (non-hydrogen) atoms. The van der Waals surface area contributed by atoms with Gasteiger partial charge in [-0.05, 0) is 18.8 Å². The summed E-state index contributed by atoms with van der Waals surface area (Å²) in [5.74, 6) is 1.53. The predicted molar refractivity (Wildman–Crippen MR) is 79.2 cm³/mol. The molecule has 1 aliphatic rings. The number of carbonyl (C=O) groups excluding carboxylic acids is 1. The Morgan fingerprint density at radius 3 is 2.86 bits per heavy atom. The molecule has 0 aliphatic heterocycles. The van der Waals surface area contributed by atoms with Crippen LogP contribution in [-0.2, 0) is 17.8 Å². The maximum Gasteiger partial charge on any atom is 0.240 e. The molecular weight excluding hydrogens is 268 g/mol. The molecule has 1 aromatic rings. The van der Waals surface area contributed by atoms with Crippen molar-refractivity contribution in [2.75, 3.05) is 0 Å². The van der Waals surface area contributed by atoms with Crippen LogP contribution in [0.3, 0.4) is 0 Å². The van der Waals surface area contributed by atoms with Gasteiger partial charge in [0.15, 0.2) is 5.82 Å². The molecule has 1 amide bonds. The lowest BCUT2D eigenvalue weighted by Crippen LogP contribution is -2.42. The van der Waals surface area contributed by atoms with Gasteiger partial charge in [-0.3, -0.25) is 4.79 Å². The second-order valence-corrected chi connectivity index (χ2v) is 6.34. The molecule has 0 bridgehead atoms. The van der Waals surface area contributed by atoms with E-state index >= 15 is 0 Å². The predicted octanol–water partition coefficient (Wildman–Crippen LogP) is 1.79. The number of nitrogens with two attached hydrogens (primary N) is 1. The molecule has 0 spiro atoms. The number of aromatic nitrogens is 2. The highest BCUT2D eigenvalue weighted by Crippen LogP contribution is 2.23. The molecule has 0 aromatic carbocycles. The Morgan fingerprint density at radius 2 is 2.14 bits per heavy atom. The minimum atomic E-state index is -0.208. The van der Waals surface area contributed by atoms with Crippen LogP contribution >= 0.6 is 0 Å². The van der Waals surface area contributed by atoms with E-state index in [-0.39, 0.29) is 17.9 Å². The number of carbonyl (C=O) groups is 1. The summed E-state index contributed by atoms with van der Waals surface area (Å²) >= 11 is 0. The summed E-state index contributed by atoms with van der Waals surface area (Å²) < 4.78 is 5.24. The highest BCUT2D eigenvalue weighted by atomic mass is 16.5. The Kier molecular flexibility index (Phi) is 5.73. The molecule has 2 rings (SSSR count). The summed E-state index contributed by atoms with van der Waals surface area (Å²) in [6, 6.07) is 0.116. The lowest BCUT2D eigenvalue weighted by atomic mass is 9.94. The normalized spacial score (nSPS) is 23.2. The third kappa shape index (κ3) is 4.81. The van der Waals surface area contributed by atoms with E-state index < -0.39 is 0 Å². The van der Waals surface area contributed by atoms with Crippen LogP contribution in [0.25, 0.3) is 0 Å². The van der Waals surface area contributed by atoms with Crippen molar-refractivity contribution in [3.05, 3.63) is 11.7 Å². The van der Waals surface area contributed by atoms with Gasteiger partial charge in [-0.15, -0.1) is 0 Å². The van der Waals surface area contributed by atoms with E-state index in [0.717, 1.165) is 37.9 Å². The Labute approximate surface area is 125 Å². The molecule has 118 valence electrons. The van der Waals surface area contributed by atoms with E-state index in [1.54, 1.807) is 0 Å². The number of nitrogens with one attached hydrogen (secondary N) is 1.